The van der Waals surface area contributed by atoms with Gasteiger partial charge < -0.3 is 24.4 Å². The Morgan fingerprint density at radius 2 is 1.86 bits per heavy atom. The minimum atomic E-state index is -0.805. The number of fused-ring (bicyclic) bond motifs is 2. The molecule has 2 aliphatic rings. The maximum absolute atomic E-state index is 15.3. The molecule has 37 heavy (non-hydrogen) atoms. The number of carbonyl (C=O) groups excluding carboxylic acids is 1. The summed E-state index contributed by atoms with van der Waals surface area (Å²) in [4.78, 5) is 22.2. The lowest BCUT2D eigenvalue weighted by Gasteiger charge is -2.45. The van der Waals surface area contributed by atoms with Crippen LogP contribution in [-0.2, 0) is 4.74 Å². The summed E-state index contributed by atoms with van der Waals surface area (Å²) >= 11 is 6.18. The van der Waals surface area contributed by atoms with Gasteiger partial charge in [0.2, 0.25) is 5.82 Å². The van der Waals surface area contributed by atoms with E-state index < -0.39 is 23.8 Å². The van der Waals surface area contributed by atoms with E-state index in [0.717, 1.165) is 0 Å². The van der Waals surface area contributed by atoms with E-state index in [-0.39, 0.29) is 47.4 Å². The zero-order chi connectivity index (χ0) is 25.9. The average molecular weight is 528 g/mol. The molecule has 2 aromatic carbocycles. The van der Waals surface area contributed by atoms with Crippen LogP contribution < -0.4 is 14.8 Å². The van der Waals surface area contributed by atoms with Gasteiger partial charge >= 0.3 is 6.09 Å². The van der Waals surface area contributed by atoms with Crippen LogP contribution in [-0.4, -0.2) is 53.4 Å². The number of benzene rings is 2. The van der Waals surface area contributed by atoms with Gasteiger partial charge in [0.1, 0.15) is 24.0 Å². The molecule has 0 saturated carbocycles. The van der Waals surface area contributed by atoms with Crippen molar-refractivity contribution in [3.63, 3.8) is 0 Å². The Kier molecular flexibility index (Phi) is 7.03. The van der Waals surface area contributed by atoms with Crippen molar-refractivity contribution >= 4 is 29.2 Å². The minimum absolute atomic E-state index is 0.140. The highest BCUT2D eigenvalue weighted by molar-refractivity contribution is 6.33. The summed E-state index contributed by atoms with van der Waals surface area (Å²) in [5, 5.41) is 12.0. The number of carbonyl (C=O) groups is 1. The normalized spacial score (nSPS) is 20.6. The van der Waals surface area contributed by atoms with Crippen LogP contribution in [0.15, 0.2) is 48.8 Å². The number of rotatable bonds is 5. The Labute approximate surface area is 215 Å². The van der Waals surface area contributed by atoms with E-state index in [1.807, 2.05) is 6.07 Å². The zero-order valence-electron chi connectivity index (χ0n) is 19.2. The highest BCUT2D eigenvalue weighted by Crippen LogP contribution is 2.34. The monoisotopic (exact) mass is 527 g/mol. The summed E-state index contributed by atoms with van der Waals surface area (Å²) in [7, 11) is 0. The van der Waals surface area contributed by atoms with Gasteiger partial charge in [-0.05, 0) is 42.5 Å². The molecule has 0 aliphatic carbocycles. The first-order valence-electron chi connectivity index (χ1n) is 11.3. The van der Waals surface area contributed by atoms with Gasteiger partial charge in [-0.3, -0.25) is 0 Å². The van der Waals surface area contributed by atoms with E-state index in [0.29, 0.717) is 24.5 Å². The van der Waals surface area contributed by atoms with Crippen LogP contribution in [0.3, 0.4) is 0 Å². The fraction of sp³-hybridized carbons (Fsp3) is 0.280. The Morgan fingerprint density at radius 3 is 2.54 bits per heavy atom. The molecule has 2 atom stereocenters. The van der Waals surface area contributed by atoms with Crippen LogP contribution in [0.1, 0.15) is 5.56 Å². The maximum Gasteiger partial charge on any atom is 0.415 e. The number of anilines is 2. The number of likely N-dealkylation sites (tertiary alicyclic amines) is 1. The van der Waals surface area contributed by atoms with Crippen molar-refractivity contribution in [2.45, 2.75) is 6.10 Å². The molecule has 9 nitrogen and oxygen atoms in total. The number of hydrogen-bond acceptors (Lipinski definition) is 8. The van der Waals surface area contributed by atoms with Crippen LogP contribution in [0.4, 0.5) is 25.1 Å². The summed E-state index contributed by atoms with van der Waals surface area (Å²) < 4.78 is 45.5. The summed E-state index contributed by atoms with van der Waals surface area (Å²) in [5.74, 6) is -1.90. The molecule has 2 bridgehead atoms. The molecule has 1 aromatic heterocycles. The quantitative estimate of drug-likeness (QED) is 0.515. The third kappa shape index (κ3) is 5.40. The first-order chi connectivity index (χ1) is 17.9. The van der Waals surface area contributed by atoms with E-state index in [2.05, 4.69) is 15.3 Å². The number of amides is 1. The van der Waals surface area contributed by atoms with Crippen LogP contribution in [0, 0.1) is 34.8 Å². The molecule has 1 amide bonds. The van der Waals surface area contributed by atoms with Crippen LogP contribution >= 0.6 is 11.6 Å². The number of nitrogens with one attached hydrogen (secondary N) is 1. The second kappa shape index (κ2) is 10.5. The lowest BCUT2D eigenvalue weighted by atomic mass is 9.84. The van der Waals surface area contributed by atoms with E-state index in [1.54, 1.807) is 12.1 Å². The standard InChI is InChI=1S/C25H20ClF2N5O4/c26-19-7-14(8-29)1-6-20(19)32-23-21(28)24(31-13-30-23)37-22-15-9-33(10-16(22)12-35-11-15)25(34)36-18-4-2-17(27)3-5-18/h1-7,13,15-16,22H,9-12H2,(H,30,31,32). The molecule has 2 saturated heterocycles. The van der Waals surface area contributed by atoms with Crippen LogP contribution in [0.2, 0.25) is 5.02 Å². The van der Waals surface area contributed by atoms with E-state index >= 15 is 4.39 Å². The van der Waals surface area contributed by atoms with Gasteiger partial charge in [-0.15, -0.1) is 0 Å². The summed E-state index contributed by atoms with van der Waals surface area (Å²) in [6.07, 6.45) is 0.139. The molecule has 3 aromatic rings. The van der Waals surface area contributed by atoms with E-state index in [1.165, 1.54) is 41.6 Å². The highest BCUT2D eigenvalue weighted by atomic mass is 35.5. The number of ether oxygens (including phenoxy) is 3. The third-order valence-electron chi connectivity index (χ3n) is 6.14. The molecule has 3 heterocycles. The molecule has 2 unspecified atom stereocenters. The maximum atomic E-state index is 15.3. The fourth-order valence-corrected chi connectivity index (χ4v) is 4.60. The fourth-order valence-electron chi connectivity index (χ4n) is 4.37. The Morgan fingerprint density at radius 1 is 1.14 bits per heavy atom. The number of aromatic nitrogens is 2. The molecular formula is C25H20ClF2N5O4. The summed E-state index contributed by atoms with van der Waals surface area (Å²) in [6, 6.07) is 11.7. The molecule has 0 radical (unpaired) electrons. The Hall–Kier alpha value is -4.01. The smallest absolute Gasteiger partial charge is 0.415 e. The molecule has 12 heteroatoms. The zero-order valence-corrected chi connectivity index (χ0v) is 20.0. The molecule has 2 aliphatic heterocycles. The number of hydrogen-bond donors (Lipinski definition) is 1. The molecule has 5 rings (SSSR count). The molecule has 2 fully saturated rings. The number of piperidine rings is 1. The van der Waals surface area contributed by atoms with Crippen molar-refractivity contribution in [2.75, 3.05) is 31.6 Å². The largest absolute Gasteiger partial charge is 0.471 e. The van der Waals surface area contributed by atoms with E-state index in [9.17, 15) is 9.18 Å². The van der Waals surface area contributed by atoms with Gasteiger partial charge in [-0.25, -0.2) is 14.2 Å². The lowest BCUT2D eigenvalue weighted by molar-refractivity contribution is -0.108. The Balaban J connectivity index is 1.28. The third-order valence-corrected chi connectivity index (χ3v) is 6.45. The second-order valence-electron chi connectivity index (χ2n) is 8.64. The molecular weight excluding hydrogens is 508 g/mol. The van der Waals surface area contributed by atoms with Crippen molar-refractivity contribution in [1.82, 2.24) is 14.9 Å². The second-order valence-corrected chi connectivity index (χ2v) is 9.05. The predicted octanol–water partition coefficient (Wildman–Crippen LogP) is 4.55. The van der Waals surface area contributed by atoms with Crippen molar-refractivity contribution in [3.8, 4) is 17.7 Å². The van der Waals surface area contributed by atoms with Gasteiger partial charge in [0.05, 0.1) is 35.6 Å². The molecule has 1 N–H and O–H groups in total. The topological polar surface area (TPSA) is 110 Å². The van der Waals surface area contributed by atoms with Crippen molar-refractivity contribution < 1.29 is 27.8 Å². The van der Waals surface area contributed by atoms with Crippen LogP contribution in [0.25, 0.3) is 0 Å². The Bertz CT molecular complexity index is 1340. The number of nitriles is 1. The van der Waals surface area contributed by atoms with Gasteiger partial charge in [0.15, 0.2) is 5.82 Å². The average Bonchev–Trinajstić information content (AvgIpc) is 2.88. The van der Waals surface area contributed by atoms with Crippen molar-refractivity contribution in [3.05, 3.63) is 71.0 Å². The number of halogens is 3. The highest BCUT2D eigenvalue weighted by Gasteiger charge is 2.44. The summed E-state index contributed by atoms with van der Waals surface area (Å²) in [5.41, 5.74) is 0.729. The van der Waals surface area contributed by atoms with Gasteiger partial charge in [-0.2, -0.15) is 14.6 Å². The predicted molar refractivity (Wildman–Crippen MR) is 128 cm³/mol. The first-order valence-corrected chi connectivity index (χ1v) is 11.7. The van der Waals surface area contributed by atoms with Crippen molar-refractivity contribution in [2.24, 2.45) is 11.8 Å². The summed E-state index contributed by atoms with van der Waals surface area (Å²) in [6.45, 7) is 1.14. The number of nitrogens with zero attached hydrogens (tertiary/aromatic N) is 4. The SMILES string of the molecule is N#Cc1ccc(Nc2ncnc(OC3C4COCC3CN(C(=O)Oc3ccc(F)cc3)C4)c2F)c(Cl)c1. The van der Waals surface area contributed by atoms with Crippen LogP contribution in [0.5, 0.6) is 11.6 Å². The molecule has 190 valence electrons. The lowest BCUT2D eigenvalue weighted by Crippen LogP contribution is -2.59. The van der Waals surface area contributed by atoms with Crippen molar-refractivity contribution in [1.29, 1.82) is 5.26 Å². The van der Waals surface area contributed by atoms with Gasteiger partial charge in [-0.1, -0.05) is 11.6 Å². The minimum Gasteiger partial charge on any atom is -0.471 e. The first kappa shape index (κ1) is 24.7. The van der Waals surface area contributed by atoms with Gasteiger partial charge in [0.25, 0.3) is 5.88 Å². The van der Waals surface area contributed by atoms with E-state index in [4.69, 9.17) is 31.1 Å². The van der Waals surface area contributed by atoms with Gasteiger partial charge in [0, 0.05) is 24.9 Å². The molecule has 0 spiro atoms.